The number of aromatic amines is 1. The van der Waals surface area contributed by atoms with Gasteiger partial charge in [-0.2, -0.15) is 0 Å². The van der Waals surface area contributed by atoms with Crippen molar-refractivity contribution >= 4 is 23.2 Å². The van der Waals surface area contributed by atoms with Crippen LogP contribution in [0.25, 0.3) is 0 Å². The zero-order valence-electron chi connectivity index (χ0n) is 10.7. The number of H-pyrrole nitrogens is 1. The summed E-state index contributed by atoms with van der Waals surface area (Å²) in [6.07, 6.45) is 1.71. The summed E-state index contributed by atoms with van der Waals surface area (Å²) >= 11 is 5.76. The van der Waals surface area contributed by atoms with Crippen LogP contribution in [-0.4, -0.2) is 26.1 Å². The van der Waals surface area contributed by atoms with Gasteiger partial charge in [-0.3, -0.25) is 9.89 Å². The number of rotatable bonds is 4. The van der Waals surface area contributed by atoms with Crippen molar-refractivity contribution in [3.8, 4) is 0 Å². The number of amides is 1. The summed E-state index contributed by atoms with van der Waals surface area (Å²) in [5.74, 6) is 0.460. The van der Waals surface area contributed by atoms with Crippen molar-refractivity contribution in [2.24, 2.45) is 0 Å². The number of hydrogen-bond acceptors (Lipinski definition) is 4. The van der Waals surface area contributed by atoms with E-state index in [1.54, 1.807) is 19.1 Å². The highest BCUT2D eigenvalue weighted by Gasteiger charge is 2.13. The lowest BCUT2D eigenvalue weighted by Gasteiger charge is -2.05. The molecule has 2 aromatic rings. The highest BCUT2D eigenvalue weighted by atomic mass is 35.5. The van der Waals surface area contributed by atoms with Crippen molar-refractivity contribution < 1.29 is 4.79 Å². The molecule has 7 heteroatoms. The normalized spacial score (nSPS) is 10.5. The number of carbonyl (C=O) groups excluding carboxylic acids is 1. The lowest BCUT2D eigenvalue weighted by molar-refractivity contribution is 0.101. The SMILES string of the molecule is CCCc1nc(C(=O)Nc2ccc(Cl)nc2C)n[nH]1. The van der Waals surface area contributed by atoms with Gasteiger partial charge < -0.3 is 5.32 Å². The number of nitrogens with one attached hydrogen (secondary N) is 2. The van der Waals surface area contributed by atoms with Gasteiger partial charge in [-0.25, -0.2) is 9.97 Å². The highest BCUT2D eigenvalue weighted by molar-refractivity contribution is 6.29. The Morgan fingerprint density at radius 2 is 2.21 bits per heavy atom. The van der Waals surface area contributed by atoms with Crippen molar-refractivity contribution in [2.45, 2.75) is 26.7 Å². The van der Waals surface area contributed by atoms with Crippen LogP contribution < -0.4 is 5.32 Å². The number of carbonyl (C=O) groups is 1. The molecule has 0 unspecified atom stereocenters. The number of nitrogens with zero attached hydrogens (tertiary/aromatic N) is 3. The minimum atomic E-state index is -0.370. The minimum absolute atomic E-state index is 0.123. The maximum absolute atomic E-state index is 12.0. The lowest BCUT2D eigenvalue weighted by atomic mass is 10.3. The van der Waals surface area contributed by atoms with Gasteiger partial charge in [-0.05, 0) is 25.5 Å². The fraction of sp³-hybridized carbons (Fsp3) is 0.333. The van der Waals surface area contributed by atoms with Crippen molar-refractivity contribution in [2.75, 3.05) is 5.32 Å². The Balaban J connectivity index is 2.11. The van der Waals surface area contributed by atoms with Crippen LogP contribution in [0, 0.1) is 6.92 Å². The number of pyridine rings is 1. The molecule has 0 aliphatic heterocycles. The molecule has 0 saturated heterocycles. The first-order valence-corrected chi connectivity index (χ1v) is 6.33. The summed E-state index contributed by atoms with van der Waals surface area (Å²) < 4.78 is 0. The van der Waals surface area contributed by atoms with E-state index in [9.17, 15) is 4.79 Å². The number of hydrogen-bond donors (Lipinski definition) is 2. The molecule has 2 N–H and O–H groups in total. The summed E-state index contributed by atoms with van der Waals surface area (Å²) in [6.45, 7) is 3.80. The average molecular weight is 280 g/mol. The average Bonchev–Trinajstić information content (AvgIpc) is 2.82. The monoisotopic (exact) mass is 279 g/mol. The van der Waals surface area contributed by atoms with E-state index < -0.39 is 0 Å². The van der Waals surface area contributed by atoms with Crippen LogP contribution in [0.4, 0.5) is 5.69 Å². The Labute approximate surface area is 115 Å². The first-order valence-electron chi connectivity index (χ1n) is 5.96. The predicted molar refractivity (Wildman–Crippen MR) is 72.3 cm³/mol. The first-order chi connectivity index (χ1) is 9.10. The van der Waals surface area contributed by atoms with Crippen molar-refractivity contribution in [1.29, 1.82) is 0 Å². The third-order valence-corrected chi connectivity index (χ3v) is 2.73. The van der Waals surface area contributed by atoms with E-state index in [2.05, 4.69) is 25.5 Å². The molecular weight excluding hydrogens is 266 g/mol. The van der Waals surface area contributed by atoms with Crippen LogP contribution in [0.2, 0.25) is 5.15 Å². The van der Waals surface area contributed by atoms with Gasteiger partial charge in [-0.15, -0.1) is 5.10 Å². The number of aryl methyl sites for hydroxylation is 2. The highest BCUT2D eigenvalue weighted by Crippen LogP contribution is 2.16. The van der Waals surface area contributed by atoms with Gasteiger partial charge in [0.05, 0.1) is 11.4 Å². The molecule has 19 heavy (non-hydrogen) atoms. The predicted octanol–water partition coefficient (Wildman–Crippen LogP) is 2.37. The maximum atomic E-state index is 12.0. The van der Waals surface area contributed by atoms with Gasteiger partial charge >= 0.3 is 0 Å². The van der Waals surface area contributed by atoms with Crippen molar-refractivity contribution in [1.82, 2.24) is 20.2 Å². The Morgan fingerprint density at radius 3 is 2.89 bits per heavy atom. The smallest absolute Gasteiger partial charge is 0.295 e. The summed E-state index contributed by atoms with van der Waals surface area (Å²) in [5, 5.41) is 9.71. The second-order valence-electron chi connectivity index (χ2n) is 4.08. The van der Waals surface area contributed by atoms with E-state index in [0.29, 0.717) is 22.4 Å². The third kappa shape index (κ3) is 3.29. The molecule has 0 spiro atoms. The van der Waals surface area contributed by atoms with Crippen LogP contribution in [0.15, 0.2) is 12.1 Å². The molecule has 6 nitrogen and oxygen atoms in total. The van der Waals surface area contributed by atoms with Gasteiger partial charge in [0, 0.05) is 6.42 Å². The Morgan fingerprint density at radius 1 is 1.42 bits per heavy atom. The Hall–Kier alpha value is -1.95. The molecule has 0 aliphatic carbocycles. The number of aromatic nitrogens is 4. The van der Waals surface area contributed by atoms with Crippen LogP contribution in [0.5, 0.6) is 0 Å². The second kappa shape index (κ2) is 5.79. The van der Waals surface area contributed by atoms with E-state index in [4.69, 9.17) is 11.6 Å². The van der Waals surface area contributed by atoms with E-state index in [-0.39, 0.29) is 11.7 Å². The zero-order chi connectivity index (χ0) is 13.8. The molecule has 0 fully saturated rings. The van der Waals surface area contributed by atoms with Crippen LogP contribution in [0.3, 0.4) is 0 Å². The molecule has 0 atom stereocenters. The van der Waals surface area contributed by atoms with E-state index in [0.717, 1.165) is 12.8 Å². The van der Waals surface area contributed by atoms with Gasteiger partial charge in [0.15, 0.2) is 0 Å². The topological polar surface area (TPSA) is 83.6 Å². The molecule has 2 heterocycles. The van der Waals surface area contributed by atoms with Gasteiger partial charge in [0.2, 0.25) is 5.82 Å². The van der Waals surface area contributed by atoms with E-state index >= 15 is 0 Å². The zero-order valence-corrected chi connectivity index (χ0v) is 11.5. The quantitative estimate of drug-likeness (QED) is 0.842. The first kappa shape index (κ1) is 13.5. The summed E-state index contributed by atoms with van der Waals surface area (Å²) in [4.78, 5) is 20.1. The molecule has 0 aliphatic rings. The summed E-state index contributed by atoms with van der Waals surface area (Å²) in [5.41, 5.74) is 1.24. The summed E-state index contributed by atoms with van der Waals surface area (Å²) in [7, 11) is 0. The van der Waals surface area contributed by atoms with Gasteiger partial charge in [0.25, 0.3) is 5.91 Å². The number of halogens is 1. The van der Waals surface area contributed by atoms with Crippen LogP contribution in [-0.2, 0) is 6.42 Å². The second-order valence-corrected chi connectivity index (χ2v) is 4.46. The molecule has 2 aromatic heterocycles. The van der Waals surface area contributed by atoms with Crippen LogP contribution in [0.1, 0.15) is 35.5 Å². The molecule has 0 aromatic carbocycles. The largest absolute Gasteiger partial charge is 0.318 e. The third-order valence-electron chi connectivity index (χ3n) is 2.52. The molecule has 1 amide bonds. The summed E-state index contributed by atoms with van der Waals surface area (Å²) in [6, 6.07) is 3.31. The fourth-order valence-corrected chi connectivity index (χ4v) is 1.78. The maximum Gasteiger partial charge on any atom is 0.295 e. The molecule has 100 valence electrons. The number of anilines is 1. The van der Waals surface area contributed by atoms with E-state index in [1.165, 1.54) is 0 Å². The van der Waals surface area contributed by atoms with Crippen molar-refractivity contribution in [3.63, 3.8) is 0 Å². The standard InChI is InChI=1S/C12H14ClN5O/c1-3-4-10-16-11(18-17-10)12(19)15-8-5-6-9(13)14-7(8)2/h5-6H,3-4H2,1-2H3,(H,15,19)(H,16,17,18). The fourth-order valence-electron chi connectivity index (χ4n) is 1.59. The molecule has 0 radical (unpaired) electrons. The molecule has 2 rings (SSSR count). The molecule has 0 bridgehead atoms. The molecular formula is C12H14ClN5O. The lowest BCUT2D eigenvalue weighted by Crippen LogP contribution is -2.15. The minimum Gasteiger partial charge on any atom is -0.318 e. The Bertz CT molecular complexity index is 596. The Kier molecular flexibility index (Phi) is 4.11. The van der Waals surface area contributed by atoms with Crippen LogP contribution >= 0.6 is 11.6 Å². The van der Waals surface area contributed by atoms with Crippen molar-refractivity contribution in [3.05, 3.63) is 34.6 Å². The van der Waals surface area contributed by atoms with Gasteiger partial charge in [0.1, 0.15) is 11.0 Å². The molecule has 0 saturated carbocycles. The van der Waals surface area contributed by atoms with Gasteiger partial charge in [-0.1, -0.05) is 18.5 Å². The van der Waals surface area contributed by atoms with E-state index in [1.807, 2.05) is 6.92 Å².